The molecule has 0 saturated heterocycles. The van der Waals surface area contributed by atoms with Gasteiger partial charge in [0, 0.05) is 5.88 Å². The SMILES string of the molecule is CC(N)(CCl)C(N)Cl. The van der Waals surface area contributed by atoms with Crippen molar-refractivity contribution in [1.29, 1.82) is 0 Å². The molecule has 0 saturated carbocycles. The highest BCUT2D eigenvalue weighted by atomic mass is 35.5. The van der Waals surface area contributed by atoms with E-state index in [2.05, 4.69) is 0 Å². The van der Waals surface area contributed by atoms with E-state index < -0.39 is 11.0 Å². The first-order valence-electron chi connectivity index (χ1n) is 2.25. The van der Waals surface area contributed by atoms with Gasteiger partial charge in [-0.1, -0.05) is 0 Å². The Morgan fingerprint density at radius 1 is 1.75 bits per heavy atom. The fourth-order valence-corrected chi connectivity index (χ4v) is 0.396. The summed E-state index contributed by atoms with van der Waals surface area (Å²) in [5.74, 6) is 0.275. The third-order valence-electron chi connectivity index (χ3n) is 0.918. The molecule has 0 aromatic rings. The molecule has 0 aliphatic carbocycles. The normalized spacial score (nSPS) is 22.1. The Morgan fingerprint density at radius 2 is 2.12 bits per heavy atom. The van der Waals surface area contributed by atoms with Gasteiger partial charge in [0.1, 0.15) is 0 Å². The standard InChI is InChI=1S/C4H10Cl2N2/c1-4(8,2-5)3(6)7/h3H,2,7-8H2,1H3. The molecule has 0 radical (unpaired) electrons. The highest BCUT2D eigenvalue weighted by Crippen LogP contribution is 2.08. The third kappa shape index (κ3) is 2.18. The zero-order valence-corrected chi connectivity index (χ0v) is 6.21. The van der Waals surface area contributed by atoms with Crippen molar-refractivity contribution < 1.29 is 0 Å². The van der Waals surface area contributed by atoms with Crippen molar-refractivity contribution in [3.63, 3.8) is 0 Å². The summed E-state index contributed by atoms with van der Waals surface area (Å²) in [5, 5.41) is 0. The van der Waals surface area contributed by atoms with Crippen LogP contribution in [0.1, 0.15) is 6.92 Å². The van der Waals surface area contributed by atoms with Crippen molar-refractivity contribution in [2.75, 3.05) is 5.88 Å². The van der Waals surface area contributed by atoms with E-state index in [9.17, 15) is 0 Å². The highest BCUT2D eigenvalue weighted by Gasteiger charge is 2.23. The zero-order valence-electron chi connectivity index (χ0n) is 4.70. The molecule has 0 aromatic heterocycles. The second-order valence-electron chi connectivity index (χ2n) is 2.04. The summed E-state index contributed by atoms with van der Waals surface area (Å²) in [6, 6.07) is 0. The largest absolute Gasteiger partial charge is 0.322 e. The van der Waals surface area contributed by atoms with Gasteiger partial charge < -0.3 is 11.5 Å². The van der Waals surface area contributed by atoms with Crippen molar-refractivity contribution in [3.05, 3.63) is 0 Å². The molecule has 50 valence electrons. The summed E-state index contributed by atoms with van der Waals surface area (Å²) in [5.41, 5.74) is 9.49. The molecule has 0 aliphatic rings. The number of hydrogen-bond donors (Lipinski definition) is 2. The highest BCUT2D eigenvalue weighted by molar-refractivity contribution is 6.23. The predicted molar refractivity (Wildman–Crippen MR) is 37.1 cm³/mol. The molecule has 0 rings (SSSR count). The molecule has 0 heterocycles. The number of alkyl halides is 2. The Labute approximate surface area is 59.1 Å². The monoisotopic (exact) mass is 156 g/mol. The van der Waals surface area contributed by atoms with Crippen LogP contribution in [-0.4, -0.2) is 16.9 Å². The van der Waals surface area contributed by atoms with E-state index in [4.69, 9.17) is 34.7 Å². The van der Waals surface area contributed by atoms with Crippen LogP contribution in [0.15, 0.2) is 0 Å². The lowest BCUT2D eigenvalue weighted by molar-refractivity contribution is 0.503. The van der Waals surface area contributed by atoms with Crippen LogP contribution in [-0.2, 0) is 0 Å². The van der Waals surface area contributed by atoms with Crippen molar-refractivity contribution in [2.24, 2.45) is 11.5 Å². The van der Waals surface area contributed by atoms with Crippen molar-refractivity contribution >= 4 is 23.2 Å². The number of hydrogen-bond acceptors (Lipinski definition) is 2. The minimum absolute atomic E-state index is 0.275. The van der Waals surface area contributed by atoms with E-state index in [-0.39, 0.29) is 5.88 Å². The Morgan fingerprint density at radius 3 is 2.12 bits per heavy atom. The molecular weight excluding hydrogens is 147 g/mol. The minimum Gasteiger partial charge on any atom is -0.322 e. The van der Waals surface area contributed by atoms with E-state index in [1.807, 2.05) is 0 Å². The van der Waals surface area contributed by atoms with Gasteiger partial charge in [0.25, 0.3) is 0 Å². The van der Waals surface area contributed by atoms with Crippen molar-refractivity contribution in [3.8, 4) is 0 Å². The van der Waals surface area contributed by atoms with Crippen LogP contribution >= 0.6 is 23.2 Å². The van der Waals surface area contributed by atoms with Gasteiger partial charge in [-0.2, -0.15) is 0 Å². The van der Waals surface area contributed by atoms with Gasteiger partial charge in [-0.3, -0.25) is 0 Å². The van der Waals surface area contributed by atoms with Crippen LogP contribution in [0.25, 0.3) is 0 Å². The molecule has 8 heavy (non-hydrogen) atoms. The summed E-state index contributed by atoms with van der Waals surface area (Å²) < 4.78 is 0. The van der Waals surface area contributed by atoms with E-state index in [0.717, 1.165) is 0 Å². The van der Waals surface area contributed by atoms with Gasteiger partial charge in [-0.25, -0.2) is 0 Å². The maximum absolute atomic E-state index is 5.47. The first-order chi connectivity index (χ1) is 3.50. The Balaban J connectivity index is 3.71. The smallest absolute Gasteiger partial charge is 0.0991 e. The molecule has 0 amide bonds. The van der Waals surface area contributed by atoms with Crippen molar-refractivity contribution in [2.45, 2.75) is 18.0 Å². The fourth-order valence-electron chi connectivity index (χ4n) is 0.0737. The molecule has 4 heteroatoms. The molecule has 0 fully saturated rings. The zero-order chi connectivity index (χ0) is 6.78. The molecule has 0 bridgehead atoms. The van der Waals surface area contributed by atoms with Crippen LogP contribution in [0.2, 0.25) is 0 Å². The Kier molecular flexibility index (Phi) is 3.05. The van der Waals surface area contributed by atoms with E-state index >= 15 is 0 Å². The lowest BCUT2D eigenvalue weighted by Gasteiger charge is -2.23. The van der Waals surface area contributed by atoms with E-state index in [1.165, 1.54) is 0 Å². The average Bonchev–Trinajstić information content (AvgIpc) is 1.67. The summed E-state index contributed by atoms with van der Waals surface area (Å²) in [4.78, 5) is 0. The van der Waals surface area contributed by atoms with Crippen LogP contribution in [0, 0.1) is 0 Å². The predicted octanol–water partition coefficient (Wildman–Crippen LogP) is 0.466. The van der Waals surface area contributed by atoms with Gasteiger partial charge in [-0.05, 0) is 6.92 Å². The van der Waals surface area contributed by atoms with Crippen LogP contribution in [0.5, 0.6) is 0 Å². The summed E-state index contributed by atoms with van der Waals surface area (Å²) in [7, 11) is 0. The molecule has 0 aromatic carbocycles. The molecule has 2 unspecified atom stereocenters. The summed E-state index contributed by atoms with van der Waals surface area (Å²) >= 11 is 10.8. The molecule has 0 aliphatic heterocycles. The van der Waals surface area contributed by atoms with E-state index in [0.29, 0.717) is 0 Å². The van der Waals surface area contributed by atoms with Gasteiger partial charge >= 0.3 is 0 Å². The third-order valence-corrected chi connectivity index (χ3v) is 1.99. The van der Waals surface area contributed by atoms with Gasteiger partial charge in [0.2, 0.25) is 0 Å². The molecular formula is C4H10Cl2N2. The average molecular weight is 157 g/mol. The molecule has 2 nitrogen and oxygen atoms in total. The maximum atomic E-state index is 5.47. The first kappa shape index (κ1) is 8.50. The second kappa shape index (κ2) is 2.87. The molecule has 0 spiro atoms. The van der Waals surface area contributed by atoms with Gasteiger partial charge in [0.05, 0.1) is 11.0 Å². The lowest BCUT2D eigenvalue weighted by Crippen LogP contribution is -2.51. The van der Waals surface area contributed by atoms with Gasteiger partial charge in [-0.15, -0.1) is 23.2 Å². The Bertz CT molecular complexity index is 72.4. The summed E-state index contributed by atoms with van der Waals surface area (Å²) in [6.45, 7) is 1.71. The number of nitrogens with two attached hydrogens (primary N) is 2. The fraction of sp³-hybridized carbons (Fsp3) is 1.00. The first-order valence-corrected chi connectivity index (χ1v) is 3.22. The van der Waals surface area contributed by atoms with Crippen LogP contribution in [0.4, 0.5) is 0 Å². The topological polar surface area (TPSA) is 52.0 Å². The van der Waals surface area contributed by atoms with E-state index in [1.54, 1.807) is 6.92 Å². The molecule has 4 N–H and O–H groups in total. The second-order valence-corrected chi connectivity index (χ2v) is 2.78. The molecule has 2 atom stereocenters. The quantitative estimate of drug-likeness (QED) is 0.452. The lowest BCUT2D eigenvalue weighted by atomic mass is 10.1. The van der Waals surface area contributed by atoms with Crippen LogP contribution in [0.3, 0.4) is 0 Å². The van der Waals surface area contributed by atoms with Crippen LogP contribution < -0.4 is 11.5 Å². The minimum atomic E-state index is -0.650. The number of rotatable bonds is 2. The van der Waals surface area contributed by atoms with Gasteiger partial charge in [0.15, 0.2) is 0 Å². The maximum Gasteiger partial charge on any atom is 0.0991 e. The Hall–Kier alpha value is 0.500. The summed E-state index contributed by atoms with van der Waals surface area (Å²) in [6.07, 6.45) is 0. The van der Waals surface area contributed by atoms with Crippen molar-refractivity contribution in [1.82, 2.24) is 0 Å². The number of halogens is 2.